The first-order valence-corrected chi connectivity index (χ1v) is 11.9. The number of anilines is 1. The number of amides is 2. The molecule has 1 fully saturated rings. The highest BCUT2D eigenvalue weighted by Crippen LogP contribution is 2.39. The van der Waals surface area contributed by atoms with Crippen LogP contribution < -0.4 is 9.64 Å². The minimum Gasteiger partial charge on any atom is -0.436 e. The van der Waals surface area contributed by atoms with Gasteiger partial charge in [0.25, 0.3) is 5.91 Å². The highest BCUT2D eigenvalue weighted by molar-refractivity contribution is 6.31. The molecule has 0 saturated carbocycles. The number of benzene rings is 2. The molecular weight excluding hydrogens is 464 g/mol. The van der Waals surface area contributed by atoms with Gasteiger partial charge in [0.05, 0.1) is 5.69 Å². The van der Waals surface area contributed by atoms with Gasteiger partial charge in [-0.3, -0.25) is 19.4 Å². The van der Waals surface area contributed by atoms with Gasteiger partial charge in [-0.2, -0.15) is 0 Å². The predicted octanol–water partition coefficient (Wildman–Crippen LogP) is 4.35. The molecule has 2 aromatic carbocycles. The second-order valence-corrected chi connectivity index (χ2v) is 8.89. The van der Waals surface area contributed by atoms with E-state index < -0.39 is 0 Å². The molecule has 1 aromatic heterocycles. The minimum atomic E-state index is -0.341. The zero-order valence-corrected chi connectivity index (χ0v) is 19.9. The van der Waals surface area contributed by atoms with E-state index in [4.69, 9.17) is 16.3 Å². The minimum absolute atomic E-state index is 0.0994. The second-order valence-electron chi connectivity index (χ2n) is 8.46. The van der Waals surface area contributed by atoms with E-state index in [0.29, 0.717) is 35.1 Å². The van der Waals surface area contributed by atoms with Crippen LogP contribution in [0.3, 0.4) is 0 Å². The van der Waals surface area contributed by atoms with Crippen molar-refractivity contribution in [2.45, 2.75) is 0 Å². The van der Waals surface area contributed by atoms with Crippen LogP contribution in [-0.4, -0.2) is 65.9 Å². The van der Waals surface area contributed by atoms with Crippen molar-refractivity contribution >= 4 is 35.2 Å². The largest absolute Gasteiger partial charge is 0.436 e. The molecule has 0 unspecified atom stereocenters. The lowest BCUT2D eigenvalue weighted by Gasteiger charge is -2.35. The average molecular weight is 489 g/mol. The number of hydrogen-bond donors (Lipinski definition) is 0. The van der Waals surface area contributed by atoms with E-state index in [-0.39, 0.29) is 24.2 Å². The van der Waals surface area contributed by atoms with Crippen molar-refractivity contribution in [2.24, 2.45) is 0 Å². The van der Waals surface area contributed by atoms with Crippen LogP contribution in [0.2, 0.25) is 5.02 Å². The predicted molar refractivity (Wildman–Crippen MR) is 136 cm³/mol. The molecule has 0 aliphatic carbocycles. The fraction of sp³-hybridized carbons (Fsp3) is 0.222. The normalized spacial score (nSPS) is 16.0. The van der Waals surface area contributed by atoms with Crippen LogP contribution >= 0.6 is 11.6 Å². The molecule has 1 saturated heterocycles. The van der Waals surface area contributed by atoms with Crippen molar-refractivity contribution < 1.29 is 14.3 Å². The number of nitrogens with zero attached hydrogens (tertiary/aromatic N) is 4. The van der Waals surface area contributed by atoms with Gasteiger partial charge in [-0.25, -0.2) is 4.98 Å². The van der Waals surface area contributed by atoms with E-state index in [1.54, 1.807) is 36.5 Å². The van der Waals surface area contributed by atoms with Gasteiger partial charge in [-0.1, -0.05) is 54.1 Å². The standard InChI is InChI=1S/C27H25ClN4O3/c28-21-10-11-24-23(18-21)32(27(34)22-9-4-12-29-26(22)35-24)19-25(33)31-16-14-30(15-17-31)13-5-8-20-6-2-1-3-7-20/h1-12,18H,13-17,19H2/b8-5+. The third-order valence-electron chi connectivity index (χ3n) is 6.16. The third-order valence-corrected chi connectivity index (χ3v) is 6.39. The molecule has 0 atom stereocenters. The molecule has 35 heavy (non-hydrogen) atoms. The molecule has 5 rings (SSSR count). The number of halogens is 1. The van der Waals surface area contributed by atoms with E-state index in [0.717, 1.165) is 19.6 Å². The Labute approximate surface area is 209 Å². The summed E-state index contributed by atoms with van der Waals surface area (Å²) in [6.45, 7) is 3.49. The molecule has 3 aromatic rings. The molecule has 0 bridgehead atoms. The number of piperazine rings is 1. The highest BCUT2D eigenvalue weighted by atomic mass is 35.5. The van der Waals surface area contributed by atoms with Gasteiger partial charge < -0.3 is 9.64 Å². The number of hydrogen-bond acceptors (Lipinski definition) is 5. The zero-order valence-electron chi connectivity index (χ0n) is 19.1. The maximum absolute atomic E-state index is 13.4. The Morgan fingerprint density at radius 1 is 1.03 bits per heavy atom. The maximum Gasteiger partial charge on any atom is 0.264 e. The monoisotopic (exact) mass is 488 g/mol. The van der Waals surface area contributed by atoms with E-state index in [1.165, 1.54) is 10.5 Å². The Balaban J connectivity index is 1.25. The Morgan fingerprint density at radius 3 is 2.63 bits per heavy atom. The maximum atomic E-state index is 13.4. The summed E-state index contributed by atoms with van der Waals surface area (Å²) in [5.41, 5.74) is 1.94. The topological polar surface area (TPSA) is 66.0 Å². The van der Waals surface area contributed by atoms with Crippen molar-refractivity contribution in [2.75, 3.05) is 44.2 Å². The molecule has 3 heterocycles. The van der Waals surface area contributed by atoms with E-state index in [1.807, 2.05) is 23.1 Å². The summed E-state index contributed by atoms with van der Waals surface area (Å²) < 4.78 is 5.90. The number of aromatic nitrogens is 1. The molecule has 8 heteroatoms. The summed E-state index contributed by atoms with van der Waals surface area (Å²) in [5, 5.41) is 0.452. The summed E-state index contributed by atoms with van der Waals surface area (Å²) in [6.07, 6.45) is 5.83. The van der Waals surface area contributed by atoms with Gasteiger partial charge in [0.1, 0.15) is 12.1 Å². The van der Waals surface area contributed by atoms with Crippen molar-refractivity contribution in [3.8, 4) is 11.6 Å². The Morgan fingerprint density at radius 2 is 1.83 bits per heavy atom. The number of rotatable bonds is 5. The Bertz CT molecular complexity index is 1260. The number of carbonyl (C=O) groups excluding carboxylic acids is 2. The van der Waals surface area contributed by atoms with Gasteiger partial charge in [0.2, 0.25) is 11.8 Å². The number of pyridine rings is 1. The fourth-order valence-corrected chi connectivity index (χ4v) is 4.42. The van der Waals surface area contributed by atoms with Crippen molar-refractivity contribution in [1.82, 2.24) is 14.8 Å². The molecule has 0 N–H and O–H groups in total. The summed E-state index contributed by atoms with van der Waals surface area (Å²) in [5.74, 6) is 0.194. The average Bonchev–Trinajstić information content (AvgIpc) is 2.99. The second kappa shape index (κ2) is 10.3. The first-order valence-electron chi connectivity index (χ1n) is 11.5. The Kier molecular flexibility index (Phi) is 6.79. The molecule has 0 spiro atoms. The summed E-state index contributed by atoms with van der Waals surface area (Å²) in [6, 6.07) is 18.5. The van der Waals surface area contributed by atoms with E-state index >= 15 is 0 Å². The molecule has 178 valence electrons. The lowest BCUT2D eigenvalue weighted by atomic mass is 10.2. The molecule has 0 radical (unpaired) electrons. The summed E-state index contributed by atoms with van der Waals surface area (Å²) in [7, 11) is 0. The number of carbonyl (C=O) groups is 2. The van der Waals surface area contributed by atoms with E-state index in [9.17, 15) is 9.59 Å². The van der Waals surface area contributed by atoms with Crippen molar-refractivity contribution in [1.29, 1.82) is 0 Å². The molecular formula is C27H25ClN4O3. The molecule has 7 nitrogen and oxygen atoms in total. The molecule has 2 aliphatic rings. The lowest BCUT2D eigenvalue weighted by Crippen LogP contribution is -2.51. The number of ether oxygens (including phenoxy) is 1. The van der Waals surface area contributed by atoms with Gasteiger partial charge in [0.15, 0.2) is 5.75 Å². The SMILES string of the molecule is O=C(CN1C(=O)c2cccnc2Oc2ccc(Cl)cc21)N1CCN(C/C=C/c2ccccc2)CC1. The number of fused-ring (bicyclic) bond motifs is 2. The van der Waals surface area contributed by atoms with Crippen LogP contribution in [0, 0.1) is 0 Å². The fourth-order valence-electron chi connectivity index (χ4n) is 4.26. The van der Waals surface area contributed by atoms with Crippen molar-refractivity contribution in [3.63, 3.8) is 0 Å². The van der Waals surface area contributed by atoms with E-state index in [2.05, 4.69) is 34.2 Å². The van der Waals surface area contributed by atoms with Crippen LogP contribution in [-0.2, 0) is 4.79 Å². The zero-order chi connectivity index (χ0) is 24.2. The molecule has 2 amide bonds. The Hall–Kier alpha value is -3.68. The van der Waals surface area contributed by atoms with Crippen LogP contribution in [0.1, 0.15) is 15.9 Å². The van der Waals surface area contributed by atoms with Crippen molar-refractivity contribution in [3.05, 3.63) is 89.1 Å². The van der Waals surface area contributed by atoms with Gasteiger partial charge >= 0.3 is 0 Å². The van der Waals surface area contributed by atoms with Crippen LogP contribution in [0.25, 0.3) is 6.08 Å². The summed E-state index contributed by atoms with van der Waals surface area (Å²) >= 11 is 6.22. The summed E-state index contributed by atoms with van der Waals surface area (Å²) in [4.78, 5) is 36.4. The van der Waals surface area contributed by atoms with Gasteiger partial charge in [-0.05, 0) is 35.9 Å². The van der Waals surface area contributed by atoms with Crippen LogP contribution in [0.5, 0.6) is 11.6 Å². The quantitative estimate of drug-likeness (QED) is 0.534. The van der Waals surface area contributed by atoms with Crippen LogP contribution in [0.4, 0.5) is 5.69 Å². The highest BCUT2D eigenvalue weighted by Gasteiger charge is 2.32. The van der Waals surface area contributed by atoms with Crippen LogP contribution in [0.15, 0.2) is 72.9 Å². The first-order chi connectivity index (χ1) is 17.1. The lowest BCUT2D eigenvalue weighted by molar-refractivity contribution is -0.131. The third kappa shape index (κ3) is 5.21. The van der Waals surface area contributed by atoms with Gasteiger partial charge in [-0.15, -0.1) is 0 Å². The molecule has 2 aliphatic heterocycles. The van der Waals surface area contributed by atoms with Gasteiger partial charge in [0, 0.05) is 43.9 Å². The first kappa shape index (κ1) is 23.1. The smallest absolute Gasteiger partial charge is 0.264 e.